The van der Waals surface area contributed by atoms with Gasteiger partial charge in [-0.05, 0) is 0 Å². The van der Waals surface area contributed by atoms with Crippen LogP contribution < -0.4 is 0 Å². The molecular weight excluding hydrogens is 463 g/mol. The molecule has 13 heteroatoms. The molecule has 0 spiro atoms. The molecule has 2 aliphatic rings. The van der Waals surface area contributed by atoms with Gasteiger partial charge in [0.1, 0.15) is 12.7 Å². The zero-order valence-corrected chi connectivity index (χ0v) is 18.8. The lowest BCUT2D eigenvalue weighted by Crippen LogP contribution is -2.66. The number of alkyl halides is 2. The van der Waals surface area contributed by atoms with Crippen molar-refractivity contribution < 1.29 is 52.7 Å². The lowest BCUT2D eigenvalue weighted by atomic mass is 9.90. The Morgan fingerprint density at radius 2 is 1.42 bits per heavy atom. The van der Waals surface area contributed by atoms with E-state index in [0.29, 0.717) is 0 Å². The zero-order chi connectivity index (χ0) is 23.5. The number of aliphatic hydroxyl groups excluding tert-OH is 1. The number of hydrogen-bond acceptors (Lipinski definition) is 11. The summed E-state index contributed by atoms with van der Waals surface area (Å²) >= 11 is 12.1. The molecule has 1 saturated heterocycles. The fourth-order valence-corrected chi connectivity index (χ4v) is 3.64. The quantitative estimate of drug-likeness (QED) is 0.303. The van der Waals surface area contributed by atoms with Crippen LogP contribution in [0, 0.1) is 0 Å². The molecule has 1 aliphatic heterocycles. The standard InChI is InChI=1S/C18H24Cl2O11/c1-7(21)26-6-11-14(27-8(2)22)15(28-9(3)23)16(29-10(4)24)17(30-11)31-13-5-12(25)18(13,19)20/h11-17,25H,5-6H2,1-4H3/t11-,12+,13-,14-,15+,16-,17-/m1/s1. The third kappa shape index (κ3) is 6.42. The first-order valence-electron chi connectivity index (χ1n) is 9.34. The van der Waals surface area contributed by atoms with E-state index < -0.39 is 77.7 Å². The van der Waals surface area contributed by atoms with Gasteiger partial charge in [-0.25, -0.2) is 0 Å². The molecule has 1 heterocycles. The average molecular weight is 487 g/mol. The molecule has 0 radical (unpaired) electrons. The van der Waals surface area contributed by atoms with Crippen molar-refractivity contribution in [1.82, 2.24) is 0 Å². The van der Waals surface area contributed by atoms with Crippen LogP contribution in [-0.4, -0.2) is 82.8 Å². The van der Waals surface area contributed by atoms with E-state index in [1.807, 2.05) is 0 Å². The summed E-state index contributed by atoms with van der Waals surface area (Å²) < 4.78 is 30.6. The molecule has 176 valence electrons. The number of rotatable bonds is 7. The molecule has 2 rings (SSSR count). The smallest absolute Gasteiger partial charge is 0.303 e. The molecular formula is C18H24Cl2O11. The van der Waals surface area contributed by atoms with Crippen LogP contribution in [0.25, 0.3) is 0 Å². The van der Waals surface area contributed by atoms with Crippen LogP contribution in [0.15, 0.2) is 0 Å². The summed E-state index contributed by atoms with van der Waals surface area (Å²) in [5.41, 5.74) is 0. The number of carbonyl (C=O) groups is 4. The van der Waals surface area contributed by atoms with Crippen molar-refractivity contribution in [2.75, 3.05) is 6.61 Å². The summed E-state index contributed by atoms with van der Waals surface area (Å²) in [7, 11) is 0. The Labute approximate surface area is 188 Å². The monoisotopic (exact) mass is 486 g/mol. The second-order valence-corrected chi connectivity index (χ2v) is 8.56. The minimum Gasteiger partial charge on any atom is -0.463 e. The van der Waals surface area contributed by atoms with Crippen LogP contribution in [0.3, 0.4) is 0 Å². The fraction of sp³-hybridized carbons (Fsp3) is 0.778. The molecule has 11 nitrogen and oxygen atoms in total. The van der Waals surface area contributed by atoms with Crippen molar-refractivity contribution in [1.29, 1.82) is 0 Å². The van der Waals surface area contributed by atoms with Crippen molar-refractivity contribution >= 4 is 47.1 Å². The van der Waals surface area contributed by atoms with Crippen molar-refractivity contribution in [3.8, 4) is 0 Å². The fourth-order valence-electron chi connectivity index (χ4n) is 3.18. The first-order valence-corrected chi connectivity index (χ1v) is 10.1. The van der Waals surface area contributed by atoms with E-state index in [2.05, 4.69) is 0 Å². The molecule has 1 saturated carbocycles. The minimum absolute atomic E-state index is 0.0554. The lowest BCUT2D eigenvalue weighted by Gasteiger charge is -2.49. The maximum atomic E-state index is 11.7. The Morgan fingerprint density at radius 1 is 0.903 bits per heavy atom. The predicted octanol–water partition coefficient (Wildman–Crippen LogP) is 0.393. The van der Waals surface area contributed by atoms with Gasteiger partial charge in [0.05, 0.1) is 12.2 Å². The van der Waals surface area contributed by atoms with Crippen LogP contribution in [0.1, 0.15) is 34.1 Å². The van der Waals surface area contributed by atoms with Crippen molar-refractivity contribution in [2.45, 2.75) is 81.4 Å². The zero-order valence-electron chi connectivity index (χ0n) is 17.2. The topological polar surface area (TPSA) is 144 Å². The predicted molar refractivity (Wildman–Crippen MR) is 102 cm³/mol. The molecule has 0 unspecified atom stereocenters. The highest BCUT2D eigenvalue weighted by molar-refractivity contribution is 6.50. The van der Waals surface area contributed by atoms with Gasteiger partial charge in [0.15, 0.2) is 28.9 Å². The summed E-state index contributed by atoms with van der Waals surface area (Å²) in [6.45, 7) is 4.09. The summed E-state index contributed by atoms with van der Waals surface area (Å²) in [6.07, 6.45) is -8.54. The summed E-state index contributed by atoms with van der Waals surface area (Å²) in [6, 6.07) is 0. The van der Waals surface area contributed by atoms with Gasteiger partial charge >= 0.3 is 23.9 Å². The molecule has 0 aromatic carbocycles. The summed E-state index contributed by atoms with van der Waals surface area (Å²) in [5, 5.41) is 9.74. The number of aliphatic hydroxyl groups is 1. The first kappa shape index (κ1) is 25.6. The first-order chi connectivity index (χ1) is 14.3. The Bertz CT molecular complexity index is 713. The van der Waals surface area contributed by atoms with Gasteiger partial charge in [-0.3, -0.25) is 19.2 Å². The van der Waals surface area contributed by atoms with Gasteiger partial charge in [0, 0.05) is 34.1 Å². The second-order valence-electron chi connectivity index (χ2n) is 7.12. The molecule has 2 fully saturated rings. The van der Waals surface area contributed by atoms with Crippen LogP contribution in [0.2, 0.25) is 0 Å². The lowest BCUT2D eigenvalue weighted by molar-refractivity contribution is -0.325. The number of hydrogen-bond donors (Lipinski definition) is 1. The molecule has 7 atom stereocenters. The molecule has 0 amide bonds. The van der Waals surface area contributed by atoms with Crippen LogP contribution in [0.5, 0.6) is 0 Å². The Kier molecular flexibility index (Phi) is 8.51. The summed E-state index contributed by atoms with van der Waals surface area (Å²) in [4.78, 5) is 46.4. The van der Waals surface area contributed by atoms with Gasteiger partial charge < -0.3 is 33.5 Å². The van der Waals surface area contributed by atoms with Gasteiger partial charge in [-0.1, -0.05) is 23.2 Å². The number of ether oxygens (including phenoxy) is 6. The highest BCUT2D eigenvalue weighted by Gasteiger charge is 2.58. The summed E-state index contributed by atoms with van der Waals surface area (Å²) in [5.74, 6) is -2.93. The van der Waals surface area contributed by atoms with E-state index in [0.717, 1.165) is 27.7 Å². The minimum atomic E-state index is -1.65. The molecule has 1 aliphatic carbocycles. The number of halogens is 2. The molecule has 0 aromatic heterocycles. The highest BCUT2D eigenvalue weighted by Crippen LogP contribution is 2.46. The largest absolute Gasteiger partial charge is 0.463 e. The van der Waals surface area contributed by atoms with E-state index in [4.69, 9.17) is 51.6 Å². The second kappa shape index (κ2) is 10.3. The van der Waals surface area contributed by atoms with Gasteiger partial charge in [-0.2, -0.15) is 0 Å². The Hall–Kier alpha value is -1.66. The Morgan fingerprint density at radius 3 is 1.87 bits per heavy atom. The maximum Gasteiger partial charge on any atom is 0.303 e. The molecule has 31 heavy (non-hydrogen) atoms. The van der Waals surface area contributed by atoms with Crippen LogP contribution in [-0.2, 0) is 47.6 Å². The molecule has 0 bridgehead atoms. The maximum absolute atomic E-state index is 11.7. The number of carbonyl (C=O) groups excluding carboxylic acids is 4. The van der Waals surface area contributed by atoms with Crippen LogP contribution >= 0.6 is 23.2 Å². The molecule has 1 N–H and O–H groups in total. The Balaban J connectivity index is 2.38. The number of esters is 4. The normalized spacial score (nSPS) is 34.1. The molecule has 0 aromatic rings. The van der Waals surface area contributed by atoms with Gasteiger partial charge in [-0.15, -0.1) is 0 Å². The van der Waals surface area contributed by atoms with Crippen molar-refractivity contribution in [2.24, 2.45) is 0 Å². The third-order valence-electron chi connectivity index (χ3n) is 4.56. The van der Waals surface area contributed by atoms with Crippen molar-refractivity contribution in [3.63, 3.8) is 0 Å². The van der Waals surface area contributed by atoms with E-state index in [9.17, 15) is 24.3 Å². The van der Waals surface area contributed by atoms with E-state index in [-0.39, 0.29) is 6.42 Å². The van der Waals surface area contributed by atoms with Gasteiger partial charge in [0.2, 0.25) is 0 Å². The average Bonchev–Trinajstić information content (AvgIpc) is 2.63. The third-order valence-corrected chi connectivity index (χ3v) is 5.55. The SMILES string of the molecule is CC(=O)OC[C@H]1O[C@H](O[C@@H]2C[C@H](O)C2(Cl)Cl)[C@H](OC(C)=O)[C@@H](OC(C)=O)[C@@H]1OC(C)=O. The highest BCUT2D eigenvalue weighted by atomic mass is 35.5. The van der Waals surface area contributed by atoms with Crippen LogP contribution in [0.4, 0.5) is 0 Å². The van der Waals surface area contributed by atoms with E-state index in [1.54, 1.807) is 0 Å². The van der Waals surface area contributed by atoms with Gasteiger partial charge in [0.25, 0.3) is 0 Å². The van der Waals surface area contributed by atoms with E-state index in [1.165, 1.54) is 0 Å². The van der Waals surface area contributed by atoms with Crippen molar-refractivity contribution in [3.05, 3.63) is 0 Å². The van der Waals surface area contributed by atoms with E-state index >= 15 is 0 Å².